The molecule has 2 nitrogen and oxygen atoms in total. The Labute approximate surface area is 105 Å². The lowest BCUT2D eigenvalue weighted by Crippen LogP contribution is -2.38. The summed E-state index contributed by atoms with van der Waals surface area (Å²) in [6.45, 7) is 6.64. The van der Waals surface area contributed by atoms with Gasteiger partial charge in [-0.1, -0.05) is 24.3 Å². The SMILES string of the molecule is Cc1ccccc1CN(C)C(C)CNC1CC1. The molecule has 1 aliphatic carbocycles. The van der Waals surface area contributed by atoms with Gasteiger partial charge in [-0.25, -0.2) is 0 Å². The van der Waals surface area contributed by atoms with Gasteiger partial charge in [-0.3, -0.25) is 4.90 Å². The van der Waals surface area contributed by atoms with E-state index in [0.717, 1.165) is 19.1 Å². The Kier molecular flexibility index (Phi) is 4.19. The third kappa shape index (κ3) is 3.83. The molecule has 0 aromatic heterocycles. The fourth-order valence-electron chi connectivity index (χ4n) is 1.99. The second-order valence-electron chi connectivity index (χ2n) is 5.37. The van der Waals surface area contributed by atoms with Crippen molar-refractivity contribution in [1.82, 2.24) is 10.2 Å². The number of hydrogen-bond donors (Lipinski definition) is 1. The molecule has 0 spiro atoms. The van der Waals surface area contributed by atoms with Crippen LogP contribution in [0.1, 0.15) is 30.9 Å². The summed E-state index contributed by atoms with van der Waals surface area (Å²) in [6.07, 6.45) is 2.74. The first-order valence-corrected chi connectivity index (χ1v) is 6.65. The Morgan fingerprint density at radius 1 is 1.35 bits per heavy atom. The molecule has 0 aliphatic heterocycles. The highest BCUT2D eigenvalue weighted by atomic mass is 15.1. The average Bonchev–Trinajstić information content (AvgIpc) is 3.13. The van der Waals surface area contributed by atoms with E-state index in [9.17, 15) is 0 Å². The molecule has 0 bridgehead atoms. The van der Waals surface area contributed by atoms with Crippen molar-refractivity contribution >= 4 is 0 Å². The van der Waals surface area contributed by atoms with Gasteiger partial charge in [0.05, 0.1) is 0 Å². The molecule has 17 heavy (non-hydrogen) atoms. The van der Waals surface area contributed by atoms with Gasteiger partial charge in [0.2, 0.25) is 0 Å². The van der Waals surface area contributed by atoms with E-state index in [1.54, 1.807) is 0 Å². The Balaban J connectivity index is 1.82. The topological polar surface area (TPSA) is 15.3 Å². The smallest absolute Gasteiger partial charge is 0.0236 e. The molecule has 1 saturated carbocycles. The predicted octanol–water partition coefficient (Wildman–Crippen LogP) is 2.57. The summed E-state index contributed by atoms with van der Waals surface area (Å²) in [6, 6.07) is 10.1. The van der Waals surface area contributed by atoms with Crippen LogP contribution in [0.15, 0.2) is 24.3 Å². The van der Waals surface area contributed by atoms with Gasteiger partial charge in [-0.05, 0) is 44.9 Å². The Morgan fingerprint density at radius 3 is 2.71 bits per heavy atom. The second-order valence-corrected chi connectivity index (χ2v) is 5.37. The standard InChI is InChI=1S/C15H24N2/c1-12-6-4-5-7-14(12)11-17(3)13(2)10-16-15-8-9-15/h4-7,13,15-16H,8-11H2,1-3H3. The highest BCUT2D eigenvalue weighted by molar-refractivity contribution is 5.25. The zero-order valence-corrected chi connectivity index (χ0v) is 11.2. The van der Waals surface area contributed by atoms with Crippen LogP contribution in [0, 0.1) is 6.92 Å². The summed E-state index contributed by atoms with van der Waals surface area (Å²) < 4.78 is 0. The van der Waals surface area contributed by atoms with Crippen molar-refractivity contribution in [3.8, 4) is 0 Å². The molecule has 2 rings (SSSR count). The summed E-state index contributed by atoms with van der Waals surface area (Å²) in [5.74, 6) is 0. The molecular weight excluding hydrogens is 208 g/mol. The number of benzene rings is 1. The minimum Gasteiger partial charge on any atom is -0.312 e. The number of nitrogens with one attached hydrogen (secondary N) is 1. The monoisotopic (exact) mass is 232 g/mol. The van der Waals surface area contributed by atoms with Crippen molar-refractivity contribution in [3.63, 3.8) is 0 Å². The fraction of sp³-hybridized carbons (Fsp3) is 0.600. The second kappa shape index (κ2) is 5.65. The molecule has 1 N–H and O–H groups in total. The summed E-state index contributed by atoms with van der Waals surface area (Å²) in [5, 5.41) is 3.60. The van der Waals surface area contributed by atoms with Crippen LogP contribution < -0.4 is 5.32 Å². The van der Waals surface area contributed by atoms with E-state index in [1.165, 1.54) is 24.0 Å². The minimum atomic E-state index is 0.593. The number of aryl methyl sites for hydroxylation is 1. The van der Waals surface area contributed by atoms with Gasteiger partial charge >= 0.3 is 0 Å². The quantitative estimate of drug-likeness (QED) is 0.811. The van der Waals surface area contributed by atoms with Crippen LogP contribution in [0.25, 0.3) is 0 Å². The van der Waals surface area contributed by atoms with E-state index in [4.69, 9.17) is 0 Å². The fourth-order valence-corrected chi connectivity index (χ4v) is 1.99. The Morgan fingerprint density at radius 2 is 2.06 bits per heavy atom. The zero-order valence-electron chi connectivity index (χ0n) is 11.2. The summed E-state index contributed by atoms with van der Waals surface area (Å²) in [4.78, 5) is 2.43. The maximum Gasteiger partial charge on any atom is 0.0236 e. The molecule has 1 aromatic carbocycles. The van der Waals surface area contributed by atoms with Crippen LogP contribution in [0.5, 0.6) is 0 Å². The molecule has 0 amide bonds. The van der Waals surface area contributed by atoms with Crippen LogP contribution in [-0.2, 0) is 6.54 Å². The maximum absolute atomic E-state index is 3.60. The lowest BCUT2D eigenvalue weighted by Gasteiger charge is -2.25. The molecule has 94 valence electrons. The van der Waals surface area contributed by atoms with E-state index >= 15 is 0 Å². The lowest BCUT2D eigenvalue weighted by molar-refractivity contribution is 0.242. The number of hydrogen-bond acceptors (Lipinski definition) is 2. The number of rotatable bonds is 6. The normalized spacial score (nSPS) is 17.4. The van der Waals surface area contributed by atoms with Gasteiger partial charge in [-0.2, -0.15) is 0 Å². The first-order chi connectivity index (χ1) is 8.16. The average molecular weight is 232 g/mol. The molecular formula is C15H24N2. The molecule has 0 saturated heterocycles. The highest BCUT2D eigenvalue weighted by Gasteiger charge is 2.21. The first kappa shape index (κ1) is 12.6. The van der Waals surface area contributed by atoms with E-state index in [0.29, 0.717) is 6.04 Å². The maximum atomic E-state index is 3.60. The van der Waals surface area contributed by atoms with Crippen molar-refractivity contribution in [2.24, 2.45) is 0 Å². The Hall–Kier alpha value is -0.860. The summed E-state index contributed by atoms with van der Waals surface area (Å²) in [7, 11) is 2.21. The van der Waals surface area contributed by atoms with Crippen LogP contribution in [0.2, 0.25) is 0 Å². The van der Waals surface area contributed by atoms with Crippen molar-refractivity contribution in [1.29, 1.82) is 0 Å². The number of likely N-dealkylation sites (N-methyl/N-ethyl adjacent to an activating group) is 1. The molecule has 1 aromatic rings. The van der Waals surface area contributed by atoms with E-state index in [2.05, 4.69) is 55.4 Å². The molecule has 0 heterocycles. The van der Waals surface area contributed by atoms with Gasteiger partial charge in [0.1, 0.15) is 0 Å². The molecule has 1 unspecified atom stereocenters. The summed E-state index contributed by atoms with van der Waals surface area (Å²) >= 11 is 0. The van der Waals surface area contributed by atoms with E-state index in [1.807, 2.05) is 0 Å². The first-order valence-electron chi connectivity index (χ1n) is 6.65. The van der Waals surface area contributed by atoms with Crippen LogP contribution in [0.3, 0.4) is 0 Å². The number of nitrogens with zero attached hydrogens (tertiary/aromatic N) is 1. The minimum absolute atomic E-state index is 0.593. The van der Waals surface area contributed by atoms with E-state index in [-0.39, 0.29) is 0 Å². The predicted molar refractivity (Wildman–Crippen MR) is 73.1 cm³/mol. The van der Waals surface area contributed by atoms with Crippen molar-refractivity contribution < 1.29 is 0 Å². The largest absolute Gasteiger partial charge is 0.312 e. The van der Waals surface area contributed by atoms with Gasteiger partial charge < -0.3 is 5.32 Å². The van der Waals surface area contributed by atoms with Gasteiger partial charge in [-0.15, -0.1) is 0 Å². The molecule has 2 heteroatoms. The third-order valence-corrected chi connectivity index (χ3v) is 3.71. The van der Waals surface area contributed by atoms with Gasteiger partial charge in [0.15, 0.2) is 0 Å². The van der Waals surface area contributed by atoms with Crippen molar-refractivity contribution in [2.45, 2.75) is 45.3 Å². The highest BCUT2D eigenvalue weighted by Crippen LogP contribution is 2.18. The van der Waals surface area contributed by atoms with E-state index < -0.39 is 0 Å². The van der Waals surface area contributed by atoms with Crippen molar-refractivity contribution in [3.05, 3.63) is 35.4 Å². The molecule has 0 radical (unpaired) electrons. The van der Waals surface area contributed by atoms with Gasteiger partial charge in [0.25, 0.3) is 0 Å². The van der Waals surface area contributed by atoms with Crippen LogP contribution >= 0.6 is 0 Å². The summed E-state index contributed by atoms with van der Waals surface area (Å²) in [5.41, 5.74) is 2.83. The molecule has 1 aliphatic rings. The molecule has 1 atom stereocenters. The van der Waals surface area contributed by atoms with Crippen LogP contribution in [-0.4, -0.2) is 30.6 Å². The van der Waals surface area contributed by atoms with Gasteiger partial charge in [0, 0.05) is 25.2 Å². The lowest BCUT2D eigenvalue weighted by atomic mass is 10.1. The zero-order chi connectivity index (χ0) is 12.3. The van der Waals surface area contributed by atoms with Crippen LogP contribution in [0.4, 0.5) is 0 Å². The van der Waals surface area contributed by atoms with Crippen molar-refractivity contribution in [2.75, 3.05) is 13.6 Å². The third-order valence-electron chi connectivity index (χ3n) is 3.71. The molecule has 1 fully saturated rings. The Bertz CT molecular complexity index is 358.